The molecule has 3 nitrogen and oxygen atoms in total. The summed E-state index contributed by atoms with van der Waals surface area (Å²) in [5.74, 6) is 0.466. The number of pyridine rings is 1. The van der Waals surface area contributed by atoms with Gasteiger partial charge in [-0.05, 0) is 30.3 Å². The van der Waals surface area contributed by atoms with Crippen molar-refractivity contribution in [2.24, 2.45) is 0 Å². The van der Waals surface area contributed by atoms with Gasteiger partial charge < -0.3 is 10.1 Å². The lowest BCUT2D eigenvalue weighted by molar-refractivity contribution is -0.140. The Hall–Kier alpha value is -2.97. The van der Waals surface area contributed by atoms with Crippen LogP contribution >= 0.6 is 0 Å². The van der Waals surface area contributed by atoms with Crippen molar-refractivity contribution in [3.8, 4) is 5.75 Å². The van der Waals surface area contributed by atoms with Crippen molar-refractivity contribution in [2.75, 3.05) is 12.4 Å². The summed E-state index contributed by atoms with van der Waals surface area (Å²) in [5, 5.41) is 2.91. The molecular weight excluding hydrogens is 374 g/mol. The minimum atomic E-state index is -4.81. The summed E-state index contributed by atoms with van der Waals surface area (Å²) in [6.45, 7) is 0. The van der Waals surface area contributed by atoms with Crippen LogP contribution in [0.3, 0.4) is 0 Å². The van der Waals surface area contributed by atoms with Crippen molar-refractivity contribution in [1.82, 2.24) is 4.98 Å². The van der Waals surface area contributed by atoms with Crippen LogP contribution < -0.4 is 10.1 Å². The largest absolute Gasteiger partial charge is 0.497 e. The van der Waals surface area contributed by atoms with E-state index in [1.807, 2.05) is 0 Å². The minimum absolute atomic E-state index is 0.0192. The van der Waals surface area contributed by atoms with Crippen LogP contribution in [0.5, 0.6) is 5.75 Å². The first-order valence-electron chi connectivity index (χ1n) is 7.58. The molecule has 9 heteroatoms. The topological polar surface area (TPSA) is 34.1 Å². The summed E-state index contributed by atoms with van der Waals surface area (Å²) in [5.41, 5.74) is -2.39. The smallest absolute Gasteiger partial charge is 0.433 e. The maximum atomic E-state index is 13.2. The maximum Gasteiger partial charge on any atom is 0.433 e. The molecule has 1 heterocycles. The van der Waals surface area contributed by atoms with Crippen LogP contribution in [0.2, 0.25) is 0 Å². The van der Waals surface area contributed by atoms with Gasteiger partial charge in [0.1, 0.15) is 11.4 Å². The highest BCUT2D eigenvalue weighted by Gasteiger charge is 2.35. The number of nitrogens with one attached hydrogen (secondary N) is 1. The molecule has 27 heavy (non-hydrogen) atoms. The Balaban J connectivity index is 2.17. The van der Waals surface area contributed by atoms with Crippen molar-refractivity contribution < 1.29 is 31.1 Å². The van der Waals surface area contributed by atoms with Gasteiger partial charge in [-0.25, -0.2) is 4.98 Å². The second-order valence-corrected chi connectivity index (χ2v) is 5.64. The van der Waals surface area contributed by atoms with Crippen LogP contribution in [0.15, 0.2) is 48.5 Å². The molecule has 0 atom stereocenters. The van der Waals surface area contributed by atoms with Crippen molar-refractivity contribution >= 4 is 22.3 Å². The molecule has 0 unspecified atom stereocenters. The maximum absolute atomic E-state index is 13.2. The molecule has 0 aliphatic rings. The second-order valence-electron chi connectivity index (χ2n) is 5.64. The Kier molecular flexibility index (Phi) is 4.63. The zero-order valence-electron chi connectivity index (χ0n) is 13.7. The molecule has 0 fully saturated rings. The van der Waals surface area contributed by atoms with Crippen LogP contribution in [0, 0.1) is 0 Å². The molecule has 0 aliphatic heterocycles. The normalized spacial score (nSPS) is 12.3. The highest BCUT2D eigenvalue weighted by molar-refractivity contribution is 5.93. The molecule has 2 aromatic carbocycles. The first-order valence-corrected chi connectivity index (χ1v) is 7.58. The Morgan fingerprint density at radius 3 is 2.26 bits per heavy atom. The number of alkyl halides is 6. The van der Waals surface area contributed by atoms with Crippen LogP contribution in [0.25, 0.3) is 10.9 Å². The van der Waals surface area contributed by atoms with Gasteiger partial charge in [0.2, 0.25) is 0 Å². The monoisotopic (exact) mass is 386 g/mol. The van der Waals surface area contributed by atoms with Crippen LogP contribution in [0.4, 0.5) is 37.7 Å². The van der Waals surface area contributed by atoms with Crippen LogP contribution in [0.1, 0.15) is 11.3 Å². The van der Waals surface area contributed by atoms with Gasteiger partial charge in [0, 0.05) is 17.1 Å². The fourth-order valence-corrected chi connectivity index (χ4v) is 2.51. The van der Waals surface area contributed by atoms with E-state index in [9.17, 15) is 26.3 Å². The molecule has 3 rings (SSSR count). The molecule has 142 valence electrons. The second kappa shape index (κ2) is 6.64. The van der Waals surface area contributed by atoms with Gasteiger partial charge in [0.25, 0.3) is 0 Å². The van der Waals surface area contributed by atoms with E-state index in [1.54, 1.807) is 24.3 Å². The molecule has 3 aromatic rings. The molecule has 0 aliphatic carbocycles. The fraction of sp³-hybridized carbons (Fsp3) is 0.167. The highest BCUT2D eigenvalue weighted by atomic mass is 19.4. The molecule has 0 amide bonds. The molecule has 0 spiro atoms. The predicted octanol–water partition coefficient (Wildman–Crippen LogP) is 6.02. The molecule has 0 bridgehead atoms. The summed E-state index contributed by atoms with van der Waals surface area (Å²) in [6, 6.07) is 9.65. The summed E-state index contributed by atoms with van der Waals surface area (Å²) in [6.07, 6.45) is -9.50. The van der Waals surface area contributed by atoms with E-state index in [0.29, 0.717) is 17.5 Å². The number of halogens is 6. The van der Waals surface area contributed by atoms with Gasteiger partial charge in [0.05, 0.1) is 23.9 Å². The van der Waals surface area contributed by atoms with Crippen molar-refractivity contribution in [3.63, 3.8) is 0 Å². The van der Waals surface area contributed by atoms with E-state index < -0.39 is 29.1 Å². The van der Waals surface area contributed by atoms with Crippen molar-refractivity contribution in [3.05, 3.63) is 59.8 Å². The van der Waals surface area contributed by atoms with E-state index in [0.717, 1.165) is 18.2 Å². The van der Waals surface area contributed by atoms with Gasteiger partial charge >= 0.3 is 12.4 Å². The summed E-state index contributed by atoms with van der Waals surface area (Å²) < 4.78 is 83.2. The number of anilines is 2. The Labute approximate surface area is 149 Å². The number of fused-ring (bicyclic) bond motifs is 1. The SMILES string of the molecule is COc1cccc(Nc2cc(C(F)(F)F)nc3cc(C(F)(F)F)ccc23)c1. The van der Waals surface area contributed by atoms with Gasteiger partial charge in [-0.15, -0.1) is 0 Å². The average molecular weight is 386 g/mol. The number of ether oxygens (including phenoxy) is 1. The zero-order chi connectivity index (χ0) is 19.8. The van der Waals surface area contributed by atoms with E-state index >= 15 is 0 Å². The third-order valence-electron chi connectivity index (χ3n) is 3.78. The number of aromatic nitrogens is 1. The van der Waals surface area contributed by atoms with Gasteiger partial charge in [0.15, 0.2) is 0 Å². The van der Waals surface area contributed by atoms with Gasteiger partial charge in [-0.2, -0.15) is 26.3 Å². The molecular formula is C18H12F6N2O. The van der Waals surface area contributed by atoms with Crippen molar-refractivity contribution in [1.29, 1.82) is 0 Å². The Morgan fingerprint density at radius 1 is 0.889 bits per heavy atom. The Bertz CT molecular complexity index is 976. The van der Waals surface area contributed by atoms with Gasteiger partial charge in [-0.1, -0.05) is 12.1 Å². The molecule has 0 saturated heterocycles. The van der Waals surface area contributed by atoms with E-state index in [1.165, 1.54) is 7.11 Å². The number of rotatable bonds is 3. The third-order valence-corrected chi connectivity index (χ3v) is 3.78. The molecule has 1 aromatic heterocycles. The summed E-state index contributed by atoms with van der Waals surface area (Å²) in [4.78, 5) is 3.37. The lowest BCUT2D eigenvalue weighted by Gasteiger charge is -2.15. The third kappa shape index (κ3) is 4.07. The first kappa shape index (κ1) is 18.8. The van der Waals surface area contributed by atoms with E-state index in [-0.39, 0.29) is 11.1 Å². The number of methoxy groups -OCH3 is 1. The summed E-state index contributed by atoms with van der Waals surface area (Å²) >= 11 is 0. The van der Waals surface area contributed by atoms with E-state index in [4.69, 9.17) is 4.74 Å². The molecule has 0 saturated carbocycles. The minimum Gasteiger partial charge on any atom is -0.497 e. The number of benzene rings is 2. The average Bonchev–Trinajstić information content (AvgIpc) is 2.59. The predicted molar refractivity (Wildman–Crippen MR) is 88.0 cm³/mol. The zero-order valence-corrected chi connectivity index (χ0v) is 13.7. The number of hydrogen-bond donors (Lipinski definition) is 1. The highest BCUT2D eigenvalue weighted by Crippen LogP contribution is 2.37. The van der Waals surface area contributed by atoms with Crippen LogP contribution in [-0.2, 0) is 12.4 Å². The molecule has 0 radical (unpaired) electrons. The van der Waals surface area contributed by atoms with Gasteiger partial charge in [-0.3, -0.25) is 0 Å². The summed E-state index contributed by atoms with van der Waals surface area (Å²) in [7, 11) is 1.43. The van der Waals surface area contributed by atoms with Crippen molar-refractivity contribution in [2.45, 2.75) is 12.4 Å². The molecule has 1 N–H and O–H groups in total. The fourth-order valence-electron chi connectivity index (χ4n) is 2.51. The van der Waals surface area contributed by atoms with E-state index in [2.05, 4.69) is 10.3 Å². The number of nitrogens with zero attached hydrogens (tertiary/aromatic N) is 1. The first-order chi connectivity index (χ1) is 12.6. The lowest BCUT2D eigenvalue weighted by atomic mass is 10.1. The number of hydrogen-bond acceptors (Lipinski definition) is 3. The quantitative estimate of drug-likeness (QED) is 0.559. The Morgan fingerprint density at radius 2 is 1.63 bits per heavy atom. The van der Waals surface area contributed by atoms with Crippen LogP contribution in [-0.4, -0.2) is 12.1 Å². The lowest BCUT2D eigenvalue weighted by Crippen LogP contribution is -2.10. The standard InChI is InChI=1S/C18H12F6N2O/c1-27-12-4-2-3-11(8-12)25-15-9-16(18(22,23)24)26-14-7-10(17(19,20)21)5-6-13(14)15/h2-9H,1H3,(H,25,26).